The lowest BCUT2D eigenvalue weighted by molar-refractivity contribution is 0.0260. The largest absolute Gasteiger partial charge is 0.444 e. The molecule has 0 radical (unpaired) electrons. The van der Waals surface area contributed by atoms with Crippen LogP contribution in [0.15, 0.2) is 11.6 Å². The minimum atomic E-state index is -0.391. The Kier molecular flexibility index (Phi) is 2.96. The molecule has 1 fully saturated rings. The first-order chi connectivity index (χ1) is 7.46. The average Bonchev–Trinajstić information content (AvgIpc) is 2.98. The first-order valence-corrected chi connectivity index (χ1v) is 6.12. The highest BCUT2D eigenvalue weighted by atomic mass is 16.6. The van der Waals surface area contributed by atoms with E-state index in [1.165, 1.54) is 18.4 Å². The van der Waals surface area contributed by atoms with Crippen LogP contribution in [0.5, 0.6) is 0 Å². The topological polar surface area (TPSA) is 29.5 Å². The summed E-state index contributed by atoms with van der Waals surface area (Å²) in [5, 5.41) is 0. The lowest BCUT2D eigenvalue weighted by Crippen LogP contribution is -2.40. The van der Waals surface area contributed by atoms with Gasteiger partial charge >= 0.3 is 6.09 Å². The molecule has 3 nitrogen and oxygen atoms in total. The van der Waals surface area contributed by atoms with Crippen molar-refractivity contribution in [3.05, 3.63) is 11.6 Å². The summed E-state index contributed by atoms with van der Waals surface area (Å²) in [4.78, 5) is 13.7. The molecule has 90 valence electrons. The summed E-state index contributed by atoms with van der Waals surface area (Å²) in [5.41, 5.74) is 1.05. The molecule has 0 aromatic carbocycles. The van der Waals surface area contributed by atoms with Crippen molar-refractivity contribution in [3.8, 4) is 0 Å². The molecule has 0 bridgehead atoms. The number of rotatable bonds is 1. The summed E-state index contributed by atoms with van der Waals surface area (Å²) in [6.45, 7) is 7.30. The lowest BCUT2D eigenvalue weighted by atomic mass is 10.1. The molecular weight excluding hydrogens is 202 g/mol. The molecule has 0 aromatic rings. The molecule has 0 N–H and O–H groups in total. The van der Waals surface area contributed by atoms with Gasteiger partial charge in [-0.05, 0) is 46.0 Å². The molecule has 1 saturated carbocycles. The smallest absolute Gasteiger partial charge is 0.410 e. The Morgan fingerprint density at radius 2 is 2.12 bits per heavy atom. The lowest BCUT2D eigenvalue weighted by Gasteiger charge is -2.30. The van der Waals surface area contributed by atoms with Gasteiger partial charge in [0.1, 0.15) is 5.60 Å². The van der Waals surface area contributed by atoms with Crippen LogP contribution in [0.3, 0.4) is 0 Å². The van der Waals surface area contributed by atoms with Crippen LogP contribution in [0.2, 0.25) is 0 Å². The Balaban J connectivity index is 1.90. The van der Waals surface area contributed by atoms with E-state index in [4.69, 9.17) is 4.74 Å². The van der Waals surface area contributed by atoms with Crippen LogP contribution >= 0.6 is 0 Å². The van der Waals surface area contributed by atoms with E-state index < -0.39 is 5.60 Å². The minimum absolute atomic E-state index is 0.168. The van der Waals surface area contributed by atoms with Gasteiger partial charge in [-0.1, -0.05) is 11.6 Å². The molecule has 1 aliphatic carbocycles. The minimum Gasteiger partial charge on any atom is -0.444 e. The average molecular weight is 223 g/mol. The van der Waals surface area contributed by atoms with E-state index in [-0.39, 0.29) is 6.09 Å². The maximum absolute atomic E-state index is 11.9. The monoisotopic (exact) mass is 223 g/mol. The molecule has 3 heteroatoms. The Bertz CT molecular complexity index is 310. The number of hydrogen-bond acceptors (Lipinski definition) is 2. The standard InChI is InChI=1S/C13H21NO2/c1-13(2,3)16-12(15)14-8-4-5-11(9-14)10-6-7-10/h5,10H,4,6-9H2,1-3H3. The highest BCUT2D eigenvalue weighted by Gasteiger charge is 2.31. The highest BCUT2D eigenvalue weighted by Crippen LogP contribution is 2.38. The van der Waals surface area contributed by atoms with E-state index in [1.807, 2.05) is 25.7 Å². The van der Waals surface area contributed by atoms with E-state index in [9.17, 15) is 4.79 Å². The summed E-state index contributed by atoms with van der Waals surface area (Å²) in [6.07, 6.45) is 5.71. The van der Waals surface area contributed by atoms with E-state index in [2.05, 4.69) is 6.08 Å². The van der Waals surface area contributed by atoms with Crippen molar-refractivity contribution in [2.75, 3.05) is 13.1 Å². The molecule has 16 heavy (non-hydrogen) atoms. The maximum atomic E-state index is 11.9. The molecule has 2 rings (SSSR count). The summed E-state index contributed by atoms with van der Waals surface area (Å²) < 4.78 is 5.39. The van der Waals surface area contributed by atoms with Gasteiger partial charge in [0, 0.05) is 13.1 Å². The fourth-order valence-electron chi connectivity index (χ4n) is 2.00. The fourth-order valence-corrected chi connectivity index (χ4v) is 2.00. The van der Waals surface area contributed by atoms with Crippen LogP contribution in [-0.2, 0) is 4.74 Å². The number of amides is 1. The number of nitrogens with zero attached hydrogens (tertiary/aromatic N) is 1. The van der Waals surface area contributed by atoms with Crippen LogP contribution in [0.1, 0.15) is 40.0 Å². The number of ether oxygens (including phenoxy) is 1. The molecule has 0 atom stereocenters. The van der Waals surface area contributed by atoms with Crippen molar-refractivity contribution >= 4 is 6.09 Å². The zero-order valence-electron chi connectivity index (χ0n) is 10.5. The third kappa shape index (κ3) is 3.00. The zero-order chi connectivity index (χ0) is 11.8. The number of carbonyl (C=O) groups is 1. The Hall–Kier alpha value is -0.990. The normalized spacial score (nSPS) is 21.7. The molecule has 2 aliphatic rings. The molecule has 0 spiro atoms. The van der Waals surface area contributed by atoms with Gasteiger partial charge in [0.25, 0.3) is 0 Å². The van der Waals surface area contributed by atoms with E-state index in [1.54, 1.807) is 0 Å². The zero-order valence-corrected chi connectivity index (χ0v) is 10.5. The van der Waals surface area contributed by atoms with Crippen LogP contribution in [0, 0.1) is 5.92 Å². The van der Waals surface area contributed by atoms with Crippen molar-refractivity contribution in [1.82, 2.24) is 4.90 Å². The van der Waals surface area contributed by atoms with Gasteiger partial charge in [-0.2, -0.15) is 0 Å². The molecule has 0 unspecified atom stereocenters. The Morgan fingerprint density at radius 1 is 1.44 bits per heavy atom. The highest BCUT2D eigenvalue weighted by molar-refractivity contribution is 5.68. The van der Waals surface area contributed by atoms with Crippen LogP contribution in [0.4, 0.5) is 4.79 Å². The molecule has 0 aromatic heterocycles. The second-order valence-electron chi connectivity index (χ2n) is 5.74. The third-order valence-corrected chi connectivity index (χ3v) is 2.93. The van der Waals surface area contributed by atoms with Crippen LogP contribution in [0.25, 0.3) is 0 Å². The van der Waals surface area contributed by atoms with Gasteiger partial charge in [-0.15, -0.1) is 0 Å². The summed E-state index contributed by atoms with van der Waals surface area (Å²) >= 11 is 0. The van der Waals surface area contributed by atoms with Crippen LogP contribution in [-0.4, -0.2) is 29.7 Å². The molecule has 1 amide bonds. The first kappa shape index (κ1) is 11.5. The van der Waals surface area contributed by atoms with Crippen molar-refractivity contribution in [1.29, 1.82) is 0 Å². The van der Waals surface area contributed by atoms with Gasteiger partial charge < -0.3 is 9.64 Å². The van der Waals surface area contributed by atoms with Crippen molar-refractivity contribution in [2.24, 2.45) is 5.92 Å². The van der Waals surface area contributed by atoms with E-state index >= 15 is 0 Å². The quantitative estimate of drug-likeness (QED) is 0.640. The van der Waals surface area contributed by atoms with Gasteiger partial charge in [0.2, 0.25) is 0 Å². The van der Waals surface area contributed by atoms with E-state index in [0.29, 0.717) is 0 Å². The van der Waals surface area contributed by atoms with Gasteiger partial charge in [-0.25, -0.2) is 4.79 Å². The van der Waals surface area contributed by atoms with Crippen LogP contribution < -0.4 is 0 Å². The summed E-state index contributed by atoms with van der Waals surface area (Å²) in [5.74, 6) is 0.755. The van der Waals surface area contributed by atoms with Gasteiger partial charge in [-0.3, -0.25) is 0 Å². The van der Waals surface area contributed by atoms with Crippen molar-refractivity contribution in [2.45, 2.75) is 45.6 Å². The summed E-state index contributed by atoms with van der Waals surface area (Å²) in [7, 11) is 0. The van der Waals surface area contributed by atoms with Crippen molar-refractivity contribution in [3.63, 3.8) is 0 Å². The van der Waals surface area contributed by atoms with E-state index in [0.717, 1.165) is 25.4 Å². The first-order valence-electron chi connectivity index (χ1n) is 6.12. The summed E-state index contributed by atoms with van der Waals surface area (Å²) in [6, 6.07) is 0. The fraction of sp³-hybridized carbons (Fsp3) is 0.769. The second kappa shape index (κ2) is 4.11. The maximum Gasteiger partial charge on any atom is 0.410 e. The second-order valence-corrected chi connectivity index (χ2v) is 5.74. The molecule has 1 aliphatic heterocycles. The van der Waals surface area contributed by atoms with Gasteiger partial charge in [0.15, 0.2) is 0 Å². The molecule has 0 saturated heterocycles. The van der Waals surface area contributed by atoms with Crippen molar-refractivity contribution < 1.29 is 9.53 Å². The Morgan fingerprint density at radius 3 is 2.69 bits per heavy atom. The number of hydrogen-bond donors (Lipinski definition) is 0. The Labute approximate surface area is 97.5 Å². The predicted molar refractivity (Wildman–Crippen MR) is 63.2 cm³/mol. The number of carbonyl (C=O) groups excluding carboxylic acids is 1. The molecule has 1 heterocycles. The third-order valence-electron chi connectivity index (χ3n) is 2.93. The van der Waals surface area contributed by atoms with Gasteiger partial charge in [0.05, 0.1) is 0 Å². The molecular formula is C13H21NO2. The predicted octanol–water partition coefficient (Wildman–Crippen LogP) is 2.96. The SMILES string of the molecule is CC(C)(C)OC(=O)N1CCC=C(C2CC2)C1.